The van der Waals surface area contributed by atoms with Gasteiger partial charge in [0.1, 0.15) is 5.82 Å². The molecule has 1 saturated heterocycles. The average Bonchev–Trinajstić information content (AvgIpc) is 3.28. The minimum absolute atomic E-state index is 0.0138. The van der Waals surface area contributed by atoms with Gasteiger partial charge in [-0.1, -0.05) is 12.1 Å². The van der Waals surface area contributed by atoms with Crippen LogP contribution in [0, 0.1) is 0 Å². The second-order valence-corrected chi connectivity index (χ2v) is 7.60. The molecule has 0 bridgehead atoms. The summed E-state index contributed by atoms with van der Waals surface area (Å²) in [5.41, 5.74) is 0.590. The first-order valence-electron chi connectivity index (χ1n) is 9.91. The fourth-order valence-electron chi connectivity index (χ4n) is 4.06. The molecule has 2 aliphatic rings. The molecular formula is C20H23N5O3. The van der Waals surface area contributed by atoms with Gasteiger partial charge < -0.3 is 9.52 Å². The lowest BCUT2D eigenvalue weighted by Crippen LogP contribution is -2.33. The molecule has 1 aromatic carbocycles. The summed E-state index contributed by atoms with van der Waals surface area (Å²) in [7, 11) is 0. The minimum Gasteiger partial charge on any atom is -0.424 e. The second-order valence-electron chi connectivity index (χ2n) is 7.60. The Bertz CT molecular complexity index is 1060. The van der Waals surface area contributed by atoms with Crippen LogP contribution in [0.2, 0.25) is 0 Å². The number of likely N-dealkylation sites (tertiary alicyclic amines) is 1. The Morgan fingerprint density at radius 2 is 2.04 bits per heavy atom. The average molecular weight is 381 g/mol. The molecule has 5 rings (SSSR count). The predicted octanol–water partition coefficient (Wildman–Crippen LogP) is 1.99. The third-order valence-electron chi connectivity index (χ3n) is 5.62. The smallest absolute Gasteiger partial charge is 0.261 e. The highest BCUT2D eigenvalue weighted by Crippen LogP contribution is 2.39. The van der Waals surface area contributed by atoms with Crippen LogP contribution in [0.1, 0.15) is 55.2 Å². The number of fused-ring (bicyclic) bond motifs is 1. The molecular weight excluding hydrogens is 358 g/mol. The molecule has 146 valence electrons. The van der Waals surface area contributed by atoms with Gasteiger partial charge in [0, 0.05) is 5.92 Å². The zero-order valence-corrected chi connectivity index (χ0v) is 15.6. The first kappa shape index (κ1) is 17.5. The van der Waals surface area contributed by atoms with Crippen molar-refractivity contribution < 1.29 is 9.52 Å². The van der Waals surface area contributed by atoms with Crippen molar-refractivity contribution in [3.63, 3.8) is 0 Å². The van der Waals surface area contributed by atoms with Gasteiger partial charge >= 0.3 is 0 Å². The molecule has 1 aliphatic carbocycles. The lowest BCUT2D eigenvalue weighted by atomic mass is 10.1. The highest BCUT2D eigenvalue weighted by atomic mass is 16.4. The van der Waals surface area contributed by atoms with Crippen LogP contribution in [-0.2, 0) is 13.1 Å². The maximum Gasteiger partial charge on any atom is 0.261 e. The van der Waals surface area contributed by atoms with E-state index in [4.69, 9.17) is 9.40 Å². The van der Waals surface area contributed by atoms with E-state index >= 15 is 0 Å². The molecule has 0 amide bonds. The highest BCUT2D eigenvalue weighted by Gasteiger charge is 2.33. The van der Waals surface area contributed by atoms with E-state index in [1.54, 1.807) is 10.6 Å². The number of para-hydroxylation sites is 1. The van der Waals surface area contributed by atoms with Crippen molar-refractivity contribution in [3.8, 4) is 0 Å². The van der Waals surface area contributed by atoms with Crippen molar-refractivity contribution in [2.45, 2.75) is 50.7 Å². The maximum absolute atomic E-state index is 13.0. The lowest BCUT2D eigenvalue weighted by molar-refractivity contribution is 0.204. The van der Waals surface area contributed by atoms with E-state index in [0.717, 1.165) is 38.1 Å². The molecule has 1 N–H and O–H groups in total. The van der Waals surface area contributed by atoms with Crippen LogP contribution in [0.4, 0.5) is 0 Å². The lowest BCUT2D eigenvalue weighted by Gasteiger charge is -2.25. The van der Waals surface area contributed by atoms with E-state index in [-0.39, 0.29) is 24.8 Å². The van der Waals surface area contributed by atoms with Crippen LogP contribution >= 0.6 is 0 Å². The number of nitrogens with zero attached hydrogens (tertiary/aromatic N) is 5. The van der Waals surface area contributed by atoms with Crippen LogP contribution in [0.5, 0.6) is 0 Å². The minimum atomic E-state index is -0.103. The predicted molar refractivity (Wildman–Crippen MR) is 102 cm³/mol. The first-order chi connectivity index (χ1) is 13.7. The maximum atomic E-state index is 13.0. The van der Waals surface area contributed by atoms with E-state index in [9.17, 15) is 9.90 Å². The summed E-state index contributed by atoms with van der Waals surface area (Å²) in [5.74, 6) is 2.50. The molecule has 1 saturated carbocycles. The number of aromatic nitrogens is 4. The van der Waals surface area contributed by atoms with Gasteiger partial charge in [0.15, 0.2) is 0 Å². The molecule has 1 unspecified atom stereocenters. The summed E-state index contributed by atoms with van der Waals surface area (Å²) in [4.78, 5) is 20.1. The quantitative estimate of drug-likeness (QED) is 0.697. The Balaban J connectivity index is 1.50. The molecule has 2 aromatic heterocycles. The summed E-state index contributed by atoms with van der Waals surface area (Å²) in [6, 6.07) is 7.36. The van der Waals surface area contributed by atoms with Gasteiger partial charge in [0.25, 0.3) is 5.56 Å². The van der Waals surface area contributed by atoms with Gasteiger partial charge in [-0.2, -0.15) is 0 Å². The number of benzene rings is 1. The van der Waals surface area contributed by atoms with E-state index in [0.29, 0.717) is 35.1 Å². The third kappa shape index (κ3) is 3.12. The van der Waals surface area contributed by atoms with Crippen LogP contribution in [0.25, 0.3) is 10.9 Å². The molecule has 0 spiro atoms. The van der Waals surface area contributed by atoms with Crippen LogP contribution in [0.15, 0.2) is 33.5 Å². The monoisotopic (exact) mass is 381 g/mol. The highest BCUT2D eigenvalue weighted by molar-refractivity contribution is 5.77. The standard InChI is InChI=1S/C20H23N5O3/c26-11-10-25-18(21-15-5-2-1-4-14(15)20(25)27)16-6-3-9-24(16)12-17-22-23-19(28-17)13-7-8-13/h1-2,4-5,13,16,26H,3,6-12H2. The molecule has 28 heavy (non-hydrogen) atoms. The summed E-state index contributed by atoms with van der Waals surface area (Å²) in [6.45, 7) is 1.57. The topological polar surface area (TPSA) is 97.3 Å². The Hall–Kier alpha value is -2.58. The van der Waals surface area contributed by atoms with Gasteiger partial charge in [-0.25, -0.2) is 4.98 Å². The number of rotatable bonds is 6. The van der Waals surface area contributed by atoms with Gasteiger partial charge in [-0.05, 0) is 44.4 Å². The molecule has 1 aliphatic heterocycles. The molecule has 3 aromatic rings. The van der Waals surface area contributed by atoms with E-state index in [1.807, 2.05) is 18.2 Å². The van der Waals surface area contributed by atoms with Gasteiger partial charge in [-0.15, -0.1) is 10.2 Å². The van der Waals surface area contributed by atoms with Crippen molar-refractivity contribution in [1.29, 1.82) is 0 Å². The first-order valence-corrected chi connectivity index (χ1v) is 9.91. The third-order valence-corrected chi connectivity index (χ3v) is 5.62. The van der Waals surface area contributed by atoms with Crippen molar-refractivity contribution >= 4 is 10.9 Å². The van der Waals surface area contributed by atoms with Crippen LogP contribution in [-0.4, -0.2) is 42.9 Å². The number of hydrogen-bond acceptors (Lipinski definition) is 7. The van der Waals surface area contributed by atoms with Crippen molar-refractivity contribution in [2.24, 2.45) is 0 Å². The molecule has 2 fully saturated rings. The SMILES string of the molecule is O=c1c2ccccc2nc(C2CCCN2Cc2nnc(C3CC3)o2)n1CCO. The molecule has 3 heterocycles. The Morgan fingerprint density at radius 1 is 1.18 bits per heavy atom. The largest absolute Gasteiger partial charge is 0.424 e. The zero-order valence-electron chi connectivity index (χ0n) is 15.6. The van der Waals surface area contributed by atoms with Gasteiger partial charge in [0.05, 0.1) is 36.6 Å². The normalized spacial score (nSPS) is 20.2. The Morgan fingerprint density at radius 3 is 2.86 bits per heavy atom. The zero-order chi connectivity index (χ0) is 19.1. The molecule has 1 atom stereocenters. The Kier molecular flexibility index (Phi) is 4.44. The fourth-order valence-corrected chi connectivity index (χ4v) is 4.06. The van der Waals surface area contributed by atoms with Crippen molar-refractivity contribution in [3.05, 3.63) is 52.2 Å². The van der Waals surface area contributed by atoms with E-state index < -0.39 is 0 Å². The summed E-state index contributed by atoms with van der Waals surface area (Å²) >= 11 is 0. The van der Waals surface area contributed by atoms with Crippen LogP contribution in [0.3, 0.4) is 0 Å². The number of aliphatic hydroxyl groups excluding tert-OH is 1. The number of aliphatic hydroxyl groups is 1. The van der Waals surface area contributed by atoms with E-state index in [1.165, 1.54) is 0 Å². The Labute approximate surface area is 161 Å². The summed E-state index contributed by atoms with van der Waals surface area (Å²) in [5, 5.41) is 18.5. The summed E-state index contributed by atoms with van der Waals surface area (Å²) in [6.07, 6.45) is 4.17. The second kappa shape index (κ2) is 7.10. The molecule has 0 radical (unpaired) electrons. The molecule has 8 nitrogen and oxygen atoms in total. The fraction of sp³-hybridized carbons (Fsp3) is 0.500. The molecule has 8 heteroatoms. The van der Waals surface area contributed by atoms with Gasteiger partial charge in [0.2, 0.25) is 11.8 Å². The van der Waals surface area contributed by atoms with Gasteiger partial charge in [-0.3, -0.25) is 14.3 Å². The van der Waals surface area contributed by atoms with Crippen molar-refractivity contribution in [2.75, 3.05) is 13.2 Å². The van der Waals surface area contributed by atoms with E-state index in [2.05, 4.69) is 15.1 Å². The van der Waals surface area contributed by atoms with Crippen LogP contribution < -0.4 is 5.56 Å². The summed E-state index contributed by atoms with van der Waals surface area (Å²) < 4.78 is 7.45. The van der Waals surface area contributed by atoms with Crippen molar-refractivity contribution in [1.82, 2.24) is 24.6 Å². The number of hydrogen-bond donors (Lipinski definition) is 1.